The Hall–Kier alpha value is -2.84. The molecule has 0 bridgehead atoms. The number of hydrogen-bond donors (Lipinski definition) is 0. The Morgan fingerprint density at radius 2 is 1.94 bits per heavy atom. The summed E-state index contributed by atoms with van der Waals surface area (Å²) in [6.07, 6.45) is 0.888. The van der Waals surface area contributed by atoms with Gasteiger partial charge in [0.25, 0.3) is 0 Å². The third-order valence-corrected chi connectivity index (χ3v) is 5.80. The van der Waals surface area contributed by atoms with Gasteiger partial charge in [-0.1, -0.05) is 31.5 Å². The highest BCUT2D eigenvalue weighted by atomic mass is 35.5. The lowest BCUT2D eigenvalue weighted by Gasteiger charge is -2.20. The highest BCUT2D eigenvalue weighted by Crippen LogP contribution is 2.37. The van der Waals surface area contributed by atoms with Crippen molar-refractivity contribution in [1.29, 1.82) is 0 Å². The normalized spacial score (nSPS) is 16.8. The van der Waals surface area contributed by atoms with Crippen molar-refractivity contribution in [2.75, 3.05) is 31.9 Å². The molecule has 3 aromatic rings. The monoisotopic (exact) mass is 460 g/mol. The van der Waals surface area contributed by atoms with Crippen LogP contribution in [0.3, 0.4) is 0 Å². The van der Waals surface area contributed by atoms with Crippen LogP contribution in [0.15, 0.2) is 36.4 Å². The lowest BCUT2D eigenvalue weighted by molar-refractivity contribution is 0.173. The third kappa shape index (κ3) is 4.25. The molecular weight excluding hydrogens is 435 g/mol. The number of hydrogen-bond acceptors (Lipinski definition) is 6. The van der Waals surface area contributed by atoms with Gasteiger partial charge in [-0.2, -0.15) is 0 Å². The second-order valence-corrected chi connectivity index (χ2v) is 7.73. The lowest BCUT2D eigenvalue weighted by atomic mass is 9.98. The first-order valence-corrected chi connectivity index (χ1v) is 11.0. The van der Waals surface area contributed by atoms with Crippen LogP contribution in [0.2, 0.25) is 5.02 Å². The quantitative estimate of drug-likeness (QED) is 0.536. The van der Waals surface area contributed by atoms with Gasteiger partial charge in [0.05, 0.1) is 5.69 Å². The molecule has 2 aromatic carbocycles. The van der Waals surface area contributed by atoms with Crippen LogP contribution in [0.4, 0.5) is 10.3 Å². The first-order chi connectivity index (χ1) is 15.6. The molecule has 0 amide bonds. The van der Waals surface area contributed by atoms with Gasteiger partial charge in [0.15, 0.2) is 17.3 Å². The fraction of sp³-hybridized carbons (Fsp3) is 0.391. The molecule has 7 nitrogen and oxygen atoms in total. The number of benzene rings is 2. The summed E-state index contributed by atoms with van der Waals surface area (Å²) in [7, 11) is 1.63. The first kappa shape index (κ1) is 22.4. The van der Waals surface area contributed by atoms with E-state index in [1.807, 2.05) is 36.6 Å². The van der Waals surface area contributed by atoms with E-state index in [0.717, 1.165) is 30.2 Å². The summed E-state index contributed by atoms with van der Waals surface area (Å²) in [6, 6.07) is 10.3. The van der Waals surface area contributed by atoms with Gasteiger partial charge in [0.1, 0.15) is 12.4 Å². The SMILES string of the molecule is CC.COCc1nnc(N2CCC(c3ccc(F)cc3Cl)C2)n1-c1ccc2c(c1)OCO2. The van der Waals surface area contributed by atoms with Crippen LogP contribution < -0.4 is 14.4 Å². The maximum absolute atomic E-state index is 13.4. The molecule has 0 spiro atoms. The summed E-state index contributed by atoms with van der Waals surface area (Å²) in [6.45, 7) is 6.03. The van der Waals surface area contributed by atoms with E-state index in [4.69, 9.17) is 25.8 Å². The summed E-state index contributed by atoms with van der Waals surface area (Å²) in [5.41, 5.74) is 1.82. The zero-order valence-electron chi connectivity index (χ0n) is 18.3. The average molecular weight is 461 g/mol. The minimum absolute atomic E-state index is 0.186. The fourth-order valence-corrected chi connectivity index (χ4v) is 4.37. The first-order valence-electron chi connectivity index (χ1n) is 10.7. The van der Waals surface area contributed by atoms with Crippen molar-refractivity contribution in [1.82, 2.24) is 14.8 Å². The van der Waals surface area contributed by atoms with E-state index in [9.17, 15) is 4.39 Å². The molecule has 1 atom stereocenters. The van der Waals surface area contributed by atoms with Gasteiger partial charge in [-0.05, 0) is 36.2 Å². The molecule has 32 heavy (non-hydrogen) atoms. The second kappa shape index (κ2) is 9.75. The Balaban J connectivity index is 0.00000119. The standard InChI is InChI=1S/C21H20ClFN4O3.C2H6/c1-28-11-20-24-25-21(27(20)15-3-5-18-19(9-15)30-12-29-18)26-7-6-13(10-26)16-4-2-14(23)8-17(16)22;1-2/h2-5,8-9,13H,6-7,10-12H2,1H3;1-2H3. The van der Waals surface area contributed by atoms with Crippen LogP contribution in [0.1, 0.15) is 37.6 Å². The highest BCUT2D eigenvalue weighted by molar-refractivity contribution is 6.31. The van der Waals surface area contributed by atoms with E-state index in [0.29, 0.717) is 35.5 Å². The van der Waals surface area contributed by atoms with E-state index in [-0.39, 0.29) is 18.5 Å². The van der Waals surface area contributed by atoms with Gasteiger partial charge in [0, 0.05) is 37.2 Å². The van der Waals surface area contributed by atoms with Crippen molar-refractivity contribution in [3.8, 4) is 17.2 Å². The molecule has 170 valence electrons. The Kier molecular flexibility index (Phi) is 6.81. The van der Waals surface area contributed by atoms with Crippen molar-refractivity contribution in [3.63, 3.8) is 0 Å². The van der Waals surface area contributed by atoms with Crippen molar-refractivity contribution < 1.29 is 18.6 Å². The molecule has 1 aromatic heterocycles. The predicted molar refractivity (Wildman–Crippen MR) is 121 cm³/mol. The van der Waals surface area contributed by atoms with Crippen molar-refractivity contribution in [3.05, 3.63) is 58.6 Å². The summed E-state index contributed by atoms with van der Waals surface area (Å²) in [5.74, 6) is 2.68. The number of rotatable bonds is 5. The smallest absolute Gasteiger partial charge is 0.231 e. The summed E-state index contributed by atoms with van der Waals surface area (Å²) in [4.78, 5) is 2.17. The van der Waals surface area contributed by atoms with E-state index in [2.05, 4.69) is 15.1 Å². The fourth-order valence-electron chi connectivity index (χ4n) is 4.05. The molecule has 9 heteroatoms. The number of aromatic nitrogens is 3. The van der Waals surface area contributed by atoms with E-state index < -0.39 is 0 Å². The Bertz CT molecular complexity index is 1090. The van der Waals surface area contributed by atoms with Crippen molar-refractivity contribution in [2.24, 2.45) is 0 Å². The van der Waals surface area contributed by atoms with Crippen molar-refractivity contribution in [2.45, 2.75) is 32.8 Å². The maximum atomic E-state index is 13.4. The Morgan fingerprint density at radius 1 is 1.12 bits per heavy atom. The van der Waals surface area contributed by atoms with Crippen molar-refractivity contribution >= 4 is 17.5 Å². The van der Waals surface area contributed by atoms with E-state index >= 15 is 0 Å². The minimum atomic E-state index is -0.328. The van der Waals surface area contributed by atoms with Gasteiger partial charge in [0.2, 0.25) is 12.7 Å². The topological polar surface area (TPSA) is 61.6 Å². The molecule has 0 radical (unpaired) electrons. The Morgan fingerprint density at radius 3 is 2.72 bits per heavy atom. The molecule has 2 aliphatic rings. The summed E-state index contributed by atoms with van der Waals surface area (Å²) in [5, 5.41) is 9.25. The highest BCUT2D eigenvalue weighted by Gasteiger charge is 2.30. The van der Waals surface area contributed by atoms with Crippen LogP contribution in [0.5, 0.6) is 11.5 Å². The number of nitrogens with zero attached hydrogens (tertiary/aromatic N) is 4. The molecule has 1 unspecified atom stereocenters. The van der Waals surface area contributed by atoms with Crippen LogP contribution in [0.25, 0.3) is 5.69 Å². The molecule has 0 N–H and O–H groups in total. The molecule has 0 saturated carbocycles. The zero-order valence-corrected chi connectivity index (χ0v) is 19.1. The minimum Gasteiger partial charge on any atom is -0.454 e. The molecule has 1 fully saturated rings. The number of fused-ring (bicyclic) bond motifs is 1. The van der Waals surface area contributed by atoms with E-state index in [1.54, 1.807) is 13.2 Å². The summed E-state index contributed by atoms with van der Waals surface area (Å²) < 4.78 is 31.7. The zero-order chi connectivity index (χ0) is 22.7. The Labute approximate surface area is 191 Å². The molecule has 3 heterocycles. The van der Waals surface area contributed by atoms with Gasteiger partial charge in [-0.15, -0.1) is 10.2 Å². The van der Waals surface area contributed by atoms with Gasteiger partial charge in [-0.25, -0.2) is 4.39 Å². The third-order valence-electron chi connectivity index (χ3n) is 5.47. The van der Waals surface area contributed by atoms with Crippen LogP contribution in [-0.2, 0) is 11.3 Å². The number of ether oxygens (including phenoxy) is 3. The number of anilines is 1. The van der Waals surface area contributed by atoms with Crippen LogP contribution in [-0.4, -0.2) is 41.8 Å². The molecule has 1 saturated heterocycles. The average Bonchev–Trinajstić information content (AvgIpc) is 3.54. The molecule has 0 aliphatic carbocycles. The van der Waals surface area contributed by atoms with Crippen LogP contribution >= 0.6 is 11.6 Å². The lowest BCUT2D eigenvalue weighted by Crippen LogP contribution is -2.23. The van der Waals surface area contributed by atoms with Crippen LogP contribution in [0, 0.1) is 5.82 Å². The number of halogens is 2. The molecule has 5 rings (SSSR count). The molecule has 2 aliphatic heterocycles. The van der Waals surface area contributed by atoms with Gasteiger partial charge in [-0.3, -0.25) is 4.57 Å². The summed E-state index contributed by atoms with van der Waals surface area (Å²) >= 11 is 6.30. The van der Waals surface area contributed by atoms with Gasteiger partial charge < -0.3 is 19.1 Å². The largest absolute Gasteiger partial charge is 0.454 e. The predicted octanol–water partition coefficient (Wildman–Crippen LogP) is 4.96. The maximum Gasteiger partial charge on any atom is 0.231 e. The molecular formula is C23H26ClFN4O3. The van der Waals surface area contributed by atoms with Gasteiger partial charge >= 0.3 is 0 Å². The van der Waals surface area contributed by atoms with E-state index in [1.165, 1.54) is 12.1 Å². The second-order valence-electron chi connectivity index (χ2n) is 7.32. The number of methoxy groups -OCH3 is 1.